The van der Waals surface area contributed by atoms with E-state index < -0.39 is 37.1 Å². The maximum atomic E-state index is 11.8. The summed E-state index contributed by atoms with van der Waals surface area (Å²) in [6, 6.07) is -0.614. The van der Waals surface area contributed by atoms with Crippen LogP contribution in [0.15, 0.2) is 0 Å². The molecule has 0 aromatic heterocycles. The molecule has 0 aliphatic rings. The molecule has 1 unspecified atom stereocenters. The summed E-state index contributed by atoms with van der Waals surface area (Å²) >= 11 is 0. The monoisotopic (exact) mass is 261 g/mol. The van der Waals surface area contributed by atoms with Crippen molar-refractivity contribution in [2.75, 3.05) is 26.7 Å². The van der Waals surface area contributed by atoms with Gasteiger partial charge in [-0.2, -0.15) is 0 Å². The molecule has 0 heterocycles. The average molecular weight is 261 g/mol. The van der Waals surface area contributed by atoms with Gasteiger partial charge in [0.05, 0.1) is 6.10 Å². The minimum Gasteiger partial charge on any atom is -0.480 e. The van der Waals surface area contributed by atoms with E-state index in [0.29, 0.717) is 6.42 Å². The molecule has 18 heavy (non-hydrogen) atoms. The van der Waals surface area contributed by atoms with E-state index in [0.717, 1.165) is 4.90 Å². The molecule has 0 radical (unpaired) electrons. The van der Waals surface area contributed by atoms with Crippen LogP contribution in [0.4, 0.5) is 4.79 Å². The number of hydrogen-bond acceptors (Lipinski definition) is 4. The Labute approximate surface area is 105 Å². The van der Waals surface area contributed by atoms with Gasteiger partial charge in [0.25, 0.3) is 0 Å². The standard InChI is InChI=1S/C10H19N3O5/c1-7(14)3-4-12(2)10(18)13(5-8(11)15)6-9(16)17/h7,14H,3-6H2,1-2H3,(H2,11,15)(H,16,17). The van der Waals surface area contributed by atoms with E-state index in [1.54, 1.807) is 6.92 Å². The summed E-state index contributed by atoms with van der Waals surface area (Å²) in [6.45, 7) is 0.785. The Kier molecular flexibility index (Phi) is 6.73. The normalized spacial score (nSPS) is 11.7. The quantitative estimate of drug-likeness (QED) is 0.524. The Morgan fingerprint density at radius 3 is 2.22 bits per heavy atom. The third-order valence-corrected chi connectivity index (χ3v) is 2.15. The van der Waals surface area contributed by atoms with Crippen LogP contribution in [0.3, 0.4) is 0 Å². The molecule has 0 saturated carbocycles. The molecule has 8 nitrogen and oxygen atoms in total. The number of primary amides is 1. The molecule has 0 rings (SSSR count). The van der Waals surface area contributed by atoms with Crippen molar-refractivity contribution in [3.05, 3.63) is 0 Å². The van der Waals surface area contributed by atoms with E-state index >= 15 is 0 Å². The van der Waals surface area contributed by atoms with Gasteiger partial charge in [-0.15, -0.1) is 0 Å². The van der Waals surface area contributed by atoms with Crippen molar-refractivity contribution in [1.82, 2.24) is 9.80 Å². The topological polar surface area (TPSA) is 124 Å². The van der Waals surface area contributed by atoms with Crippen molar-refractivity contribution >= 4 is 17.9 Å². The number of carboxylic acids is 1. The smallest absolute Gasteiger partial charge is 0.323 e. The number of nitrogens with zero attached hydrogens (tertiary/aromatic N) is 2. The first-order chi connectivity index (χ1) is 8.23. The first-order valence-corrected chi connectivity index (χ1v) is 5.42. The summed E-state index contributed by atoms with van der Waals surface area (Å²) in [6.07, 6.45) is -0.205. The fraction of sp³-hybridized carbons (Fsp3) is 0.700. The number of aliphatic carboxylic acids is 1. The van der Waals surface area contributed by atoms with Crippen LogP contribution in [0.25, 0.3) is 0 Å². The van der Waals surface area contributed by atoms with Crippen molar-refractivity contribution in [3.8, 4) is 0 Å². The molecule has 0 aromatic carbocycles. The van der Waals surface area contributed by atoms with Crippen molar-refractivity contribution in [1.29, 1.82) is 0 Å². The van der Waals surface area contributed by atoms with Crippen LogP contribution in [-0.4, -0.2) is 70.7 Å². The van der Waals surface area contributed by atoms with Crippen molar-refractivity contribution in [2.24, 2.45) is 5.73 Å². The van der Waals surface area contributed by atoms with Gasteiger partial charge < -0.3 is 25.7 Å². The molecule has 3 amide bonds. The average Bonchev–Trinajstić information content (AvgIpc) is 2.22. The number of amides is 3. The molecule has 0 aromatic rings. The summed E-state index contributed by atoms with van der Waals surface area (Å²) in [4.78, 5) is 35.2. The summed E-state index contributed by atoms with van der Waals surface area (Å²) in [5, 5.41) is 17.7. The summed E-state index contributed by atoms with van der Waals surface area (Å²) < 4.78 is 0. The first kappa shape index (κ1) is 16.2. The number of rotatable bonds is 7. The lowest BCUT2D eigenvalue weighted by atomic mass is 10.3. The van der Waals surface area contributed by atoms with Crippen LogP contribution in [0.2, 0.25) is 0 Å². The number of aliphatic hydroxyl groups is 1. The van der Waals surface area contributed by atoms with E-state index in [4.69, 9.17) is 15.9 Å². The molecule has 0 saturated heterocycles. The number of carbonyl (C=O) groups excluding carboxylic acids is 2. The molecule has 0 spiro atoms. The Bertz CT molecular complexity index is 303. The molecule has 0 bridgehead atoms. The number of carbonyl (C=O) groups is 3. The highest BCUT2D eigenvalue weighted by atomic mass is 16.4. The zero-order chi connectivity index (χ0) is 14.3. The lowest BCUT2D eigenvalue weighted by Gasteiger charge is -2.26. The Morgan fingerprint density at radius 1 is 1.28 bits per heavy atom. The van der Waals surface area contributed by atoms with E-state index in [9.17, 15) is 14.4 Å². The van der Waals surface area contributed by atoms with Crippen molar-refractivity contribution in [2.45, 2.75) is 19.4 Å². The Hall–Kier alpha value is -1.83. The van der Waals surface area contributed by atoms with Gasteiger partial charge in [0, 0.05) is 13.6 Å². The van der Waals surface area contributed by atoms with E-state index in [1.165, 1.54) is 11.9 Å². The molecular formula is C10H19N3O5. The number of urea groups is 1. The van der Waals surface area contributed by atoms with Crippen molar-refractivity contribution < 1.29 is 24.6 Å². The van der Waals surface area contributed by atoms with Crippen molar-refractivity contribution in [3.63, 3.8) is 0 Å². The number of hydrogen-bond donors (Lipinski definition) is 3. The van der Waals surface area contributed by atoms with Gasteiger partial charge in [-0.3, -0.25) is 9.59 Å². The molecule has 4 N–H and O–H groups in total. The predicted octanol–water partition coefficient (Wildman–Crippen LogP) is -1.32. The first-order valence-electron chi connectivity index (χ1n) is 5.42. The third kappa shape index (κ3) is 6.69. The highest BCUT2D eigenvalue weighted by Gasteiger charge is 2.22. The second kappa shape index (κ2) is 7.49. The molecule has 0 aliphatic carbocycles. The minimum atomic E-state index is -1.23. The van der Waals surface area contributed by atoms with Crippen LogP contribution in [0, 0.1) is 0 Å². The van der Waals surface area contributed by atoms with Gasteiger partial charge in [-0.1, -0.05) is 0 Å². The van der Waals surface area contributed by atoms with Crippen LogP contribution < -0.4 is 5.73 Å². The zero-order valence-electron chi connectivity index (χ0n) is 10.5. The van der Waals surface area contributed by atoms with Gasteiger partial charge in [0.1, 0.15) is 13.1 Å². The minimum absolute atomic E-state index is 0.255. The Balaban J connectivity index is 4.52. The predicted molar refractivity (Wildman–Crippen MR) is 62.7 cm³/mol. The zero-order valence-corrected chi connectivity index (χ0v) is 10.5. The van der Waals surface area contributed by atoms with E-state index in [1.807, 2.05) is 0 Å². The lowest BCUT2D eigenvalue weighted by Crippen LogP contribution is -2.47. The molecule has 1 atom stereocenters. The third-order valence-electron chi connectivity index (χ3n) is 2.15. The van der Waals surface area contributed by atoms with Crippen LogP contribution >= 0.6 is 0 Å². The Morgan fingerprint density at radius 2 is 1.83 bits per heavy atom. The molecule has 104 valence electrons. The molecule has 0 fully saturated rings. The maximum absolute atomic E-state index is 11.8. The largest absolute Gasteiger partial charge is 0.480 e. The van der Waals surface area contributed by atoms with E-state index in [2.05, 4.69) is 0 Å². The fourth-order valence-corrected chi connectivity index (χ4v) is 1.26. The number of aliphatic hydroxyl groups excluding tert-OH is 1. The fourth-order valence-electron chi connectivity index (χ4n) is 1.26. The summed E-state index contributed by atoms with van der Waals surface area (Å²) in [5.41, 5.74) is 4.94. The molecule has 0 aliphatic heterocycles. The highest BCUT2D eigenvalue weighted by molar-refractivity contribution is 5.85. The van der Waals surface area contributed by atoms with Crippen LogP contribution in [-0.2, 0) is 9.59 Å². The van der Waals surface area contributed by atoms with Gasteiger partial charge in [0.15, 0.2) is 0 Å². The maximum Gasteiger partial charge on any atom is 0.323 e. The van der Waals surface area contributed by atoms with Gasteiger partial charge in [0.2, 0.25) is 5.91 Å². The summed E-state index contributed by atoms with van der Waals surface area (Å²) in [5.74, 6) is -2.01. The van der Waals surface area contributed by atoms with Crippen LogP contribution in [0.1, 0.15) is 13.3 Å². The SMILES string of the molecule is CC(O)CCN(C)C(=O)N(CC(N)=O)CC(=O)O. The van der Waals surface area contributed by atoms with Crippen LogP contribution in [0.5, 0.6) is 0 Å². The number of nitrogens with two attached hydrogens (primary N) is 1. The van der Waals surface area contributed by atoms with E-state index in [-0.39, 0.29) is 6.54 Å². The highest BCUT2D eigenvalue weighted by Crippen LogP contribution is 2.00. The number of carboxylic acid groups (broad SMARTS) is 1. The van der Waals surface area contributed by atoms with Gasteiger partial charge in [-0.05, 0) is 13.3 Å². The van der Waals surface area contributed by atoms with Gasteiger partial charge in [-0.25, -0.2) is 4.79 Å². The second-order valence-electron chi connectivity index (χ2n) is 4.06. The molecule has 8 heteroatoms. The van der Waals surface area contributed by atoms with Gasteiger partial charge >= 0.3 is 12.0 Å². The summed E-state index contributed by atoms with van der Waals surface area (Å²) in [7, 11) is 1.46. The molecular weight excluding hydrogens is 242 g/mol. The second-order valence-corrected chi connectivity index (χ2v) is 4.06. The lowest BCUT2D eigenvalue weighted by molar-refractivity contribution is -0.138.